The van der Waals surface area contributed by atoms with Crippen molar-refractivity contribution in [1.29, 1.82) is 0 Å². The molecule has 110 valence electrons. The van der Waals surface area contributed by atoms with Crippen molar-refractivity contribution in [1.82, 2.24) is 9.21 Å². The summed E-state index contributed by atoms with van der Waals surface area (Å²) < 4.78 is 26.7. The lowest BCUT2D eigenvalue weighted by Gasteiger charge is -2.34. The van der Waals surface area contributed by atoms with Crippen LogP contribution in [0.1, 0.15) is 12.8 Å². The van der Waals surface area contributed by atoms with Gasteiger partial charge >= 0.3 is 0 Å². The number of hydrogen-bond acceptors (Lipinski definition) is 4. The van der Waals surface area contributed by atoms with E-state index in [-0.39, 0.29) is 9.92 Å². The van der Waals surface area contributed by atoms with Gasteiger partial charge in [0, 0.05) is 37.9 Å². The van der Waals surface area contributed by atoms with Gasteiger partial charge in [0.15, 0.2) is 0 Å². The van der Waals surface area contributed by atoms with E-state index in [1.807, 2.05) is 0 Å². The zero-order valence-corrected chi connectivity index (χ0v) is 12.7. The molecular formula is C13H18ClN3O2S. The standard InChI is InChI=1S/C13H18ClN3O2S/c14-12-4-1-10(15)9-13(12)20(18,19)17-7-5-16(6-8-17)11-2-3-11/h1,4,9,11H,2-3,5-8,15H2. The molecule has 5 nitrogen and oxygen atoms in total. The molecule has 1 aromatic rings. The Morgan fingerprint density at radius 1 is 1.15 bits per heavy atom. The SMILES string of the molecule is Nc1ccc(Cl)c(S(=O)(=O)N2CCN(C3CC3)CC2)c1. The first-order valence-corrected chi connectivity index (χ1v) is 8.59. The number of halogens is 1. The van der Waals surface area contributed by atoms with Gasteiger partial charge in [0.05, 0.1) is 5.02 Å². The average molecular weight is 316 g/mol. The first kappa shape index (κ1) is 14.1. The number of hydrogen-bond donors (Lipinski definition) is 1. The molecule has 0 bridgehead atoms. The van der Waals surface area contributed by atoms with Gasteiger partial charge in [0.25, 0.3) is 0 Å². The number of anilines is 1. The monoisotopic (exact) mass is 315 g/mol. The lowest BCUT2D eigenvalue weighted by atomic mass is 10.3. The molecular weight excluding hydrogens is 298 g/mol. The summed E-state index contributed by atoms with van der Waals surface area (Å²) in [6.07, 6.45) is 2.49. The molecule has 0 aromatic heterocycles. The highest BCUT2D eigenvalue weighted by molar-refractivity contribution is 7.89. The van der Waals surface area contributed by atoms with Gasteiger partial charge < -0.3 is 5.73 Å². The fourth-order valence-electron chi connectivity index (χ4n) is 2.61. The first-order chi connectivity index (χ1) is 9.48. The highest BCUT2D eigenvalue weighted by atomic mass is 35.5. The van der Waals surface area contributed by atoms with Crippen molar-refractivity contribution in [2.45, 2.75) is 23.8 Å². The zero-order chi connectivity index (χ0) is 14.3. The molecule has 1 aromatic carbocycles. The summed E-state index contributed by atoms with van der Waals surface area (Å²) in [5, 5.41) is 0.226. The van der Waals surface area contributed by atoms with Gasteiger partial charge in [-0.05, 0) is 31.0 Å². The normalized spacial score (nSPS) is 22.1. The van der Waals surface area contributed by atoms with Gasteiger partial charge in [-0.3, -0.25) is 4.90 Å². The van der Waals surface area contributed by atoms with Gasteiger partial charge in [0.2, 0.25) is 10.0 Å². The number of nitrogen functional groups attached to an aromatic ring is 1. The topological polar surface area (TPSA) is 66.6 Å². The molecule has 2 N–H and O–H groups in total. The van der Waals surface area contributed by atoms with Crippen LogP contribution in [0.2, 0.25) is 5.02 Å². The van der Waals surface area contributed by atoms with Crippen LogP contribution in [0.5, 0.6) is 0 Å². The Morgan fingerprint density at radius 2 is 1.80 bits per heavy atom. The van der Waals surface area contributed by atoms with Crippen molar-refractivity contribution in [3.8, 4) is 0 Å². The number of benzene rings is 1. The number of nitrogens with zero attached hydrogens (tertiary/aromatic N) is 2. The fourth-order valence-corrected chi connectivity index (χ4v) is 4.54. The van der Waals surface area contributed by atoms with E-state index in [0.717, 1.165) is 13.1 Å². The molecule has 7 heteroatoms. The third-order valence-electron chi connectivity index (χ3n) is 3.91. The average Bonchev–Trinajstić information content (AvgIpc) is 3.26. The summed E-state index contributed by atoms with van der Waals surface area (Å²) in [5.74, 6) is 0. The number of sulfonamides is 1. The van der Waals surface area contributed by atoms with Gasteiger partial charge in [-0.2, -0.15) is 4.31 Å². The van der Waals surface area contributed by atoms with Crippen LogP contribution in [-0.2, 0) is 10.0 Å². The minimum absolute atomic E-state index is 0.110. The Balaban J connectivity index is 1.79. The largest absolute Gasteiger partial charge is 0.399 e. The molecule has 0 spiro atoms. The number of rotatable bonds is 3. The Hall–Kier alpha value is -0.820. The maximum absolute atomic E-state index is 12.6. The van der Waals surface area contributed by atoms with E-state index in [1.165, 1.54) is 29.3 Å². The zero-order valence-electron chi connectivity index (χ0n) is 11.1. The summed E-state index contributed by atoms with van der Waals surface area (Å²) in [7, 11) is -3.55. The lowest BCUT2D eigenvalue weighted by molar-refractivity contribution is 0.180. The summed E-state index contributed by atoms with van der Waals surface area (Å²) in [6.45, 7) is 2.63. The van der Waals surface area contributed by atoms with Crippen LogP contribution in [0.4, 0.5) is 5.69 Å². The molecule has 2 fully saturated rings. The summed E-state index contributed by atoms with van der Waals surface area (Å²) in [5.41, 5.74) is 6.08. The van der Waals surface area contributed by atoms with Gasteiger partial charge in [-0.15, -0.1) is 0 Å². The van der Waals surface area contributed by atoms with Crippen LogP contribution in [0.3, 0.4) is 0 Å². The quantitative estimate of drug-likeness (QED) is 0.856. The molecule has 1 aliphatic carbocycles. The minimum atomic E-state index is -3.55. The molecule has 1 saturated heterocycles. The second kappa shape index (κ2) is 5.18. The molecule has 1 aliphatic heterocycles. The van der Waals surface area contributed by atoms with E-state index in [0.29, 0.717) is 24.8 Å². The van der Waals surface area contributed by atoms with Crippen LogP contribution in [0.25, 0.3) is 0 Å². The molecule has 2 aliphatic rings. The van der Waals surface area contributed by atoms with Gasteiger partial charge in [-0.1, -0.05) is 11.6 Å². The predicted octanol–water partition coefficient (Wildman–Crippen LogP) is 1.39. The lowest BCUT2D eigenvalue weighted by Crippen LogP contribution is -2.49. The first-order valence-electron chi connectivity index (χ1n) is 6.78. The molecule has 0 atom stereocenters. The third-order valence-corrected chi connectivity index (χ3v) is 6.29. The smallest absolute Gasteiger partial charge is 0.244 e. The van der Waals surface area contributed by atoms with Crippen LogP contribution in [0, 0.1) is 0 Å². The Kier molecular flexibility index (Phi) is 3.66. The van der Waals surface area contributed by atoms with E-state index in [9.17, 15) is 8.42 Å². The number of nitrogens with two attached hydrogens (primary N) is 1. The third kappa shape index (κ3) is 2.65. The summed E-state index contributed by atoms with van der Waals surface area (Å²) in [6, 6.07) is 5.25. The molecule has 3 rings (SSSR count). The van der Waals surface area contributed by atoms with Gasteiger partial charge in [0.1, 0.15) is 4.90 Å². The molecule has 0 unspecified atom stereocenters. The van der Waals surface area contributed by atoms with E-state index < -0.39 is 10.0 Å². The van der Waals surface area contributed by atoms with Crippen LogP contribution >= 0.6 is 11.6 Å². The van der Waals surface area contributed by atoms with E-state index in [1.54, 1.807) is 6.07 Å². The fraction of sp³-hybridized carbons (Fsp3) is 0.538. The van der Waals surface area contributed by atoms with Gasteiger partial charge in [-0.25, -0.2) is 8.42 Å². The second-order valence-electron chi connectivity index (χ2n) is 5.36. The van der Waals surface area contributed by atoms with Crippen molar-refractivity contribution < 1.29 is 8.42 Å². The van der Waals surface area contributed by atoms with Crippen LogP contribution in [0.15, 0.2) is 23.1 Å². The number of piperazine rings is 1. The summed E-state index contributed by atoms with van der Waals surface area (Å²) >= 11 is 6.02. The van der Waals surface area contributed by atoms with Crippen molar-refractivity contribution in [2.24, 2.45) is 0 Å². The molecule has 20 heavy (non-hydrogen) atoms. The van der Waals surface area contributed by atoms with Crippen molar-refractivity contribution in [3.63, 3.8) is 0 Å². The predicted molar refractivity (Wildman–Crippen MR) is 79.2 cm³/mol. The minimum Gasteiger partial charge on any atom is -0.399 e. The van der Waals surface area contributed by atoms with E-state index in [4.69, 9.17) is 17.3 Å². The maximum atomic E-state index is 12.6. The van der Waals surface area contributed by atoms with Crippen LogP contribution < -0.4 is 5.73 Å². The molecule has 1 heterocycles. The second-order valence-corrected chi connectivity index (χ2v) is 7.67. The van der Waals surface area contributed by atoms with Crippen molar-refractivity contribution in [2.75, 3.05) is 31.9 Å². The van der Waals surface area contributed by atoms with Crippen molar-refractivity contribution in [3.05, 3.63) is 23.2 Å². The Bertz CT molecular complexity index is 608. The molecule has 0 amide bonds. The van der Waals surface area contributed by atoms with Crippen LogP contribution in [-0.4, -0.2) is 49.8 Å². The van der Waals surface area contributed by atoms with E-state index >= 15 is 0 Å². The summed E-state index contributed by atoms with van der Waals surface area (Å²) in [4.78, 5) is 2.48. The Labute approximate surface area is 124 Å². The molecule has 1 saturated carbocycles. The van der Waals surface area contributed by atoms with E-state index in [2.05, 4.69) is 4.90 Å². The highest BCUT2D eigenvalue weighted by Crippen LogP contribution is 2.30. The molecule has 0 radical (unpaired) electrons. The maximum Gasteiger partial charge on any atom is 0.244 e. The van der Waals surface area contributed by atoms with Crippen molar-refractivity contribution >= 4 is 27.3 Å². The Morgan fingerprint density at radius 3 is 2.40 bits per heavy atom. The highest BCUT2D eigenvalue weighted by Gasteiger charge is 2.35.